The number of nitrogens with zero attached hydrogens (tertiary/aromatic N) is 2. The van der Waals surface area contributed by atoms with Gasteiger partial charge >= 0.3 is 0 Å². The predicted molar refractivity (Wildman–Crippen MR) is 74.8 cm³/mol. The monoisotopic (exact) mass is 269 g/mol. The van der Waals surface area contributed by atoms with Crippen LogP contribution in [-0.4, -0.2) is 28.5 Å². The zero-order chi connectivity index (χ0) is 13.0. The highest BCUT2D eigenvalue weighted by molar-refractivity contribution is 7.99. The van der Waals surface area contributed by atoms with Gasteiger partial charge in [-0.1, -0.05) is 25.9 Å². The first-order valence-corrected chi connectivity index (χ1v) is 7.90. The van der Waals surface area contributed by atoms with E-state index in [1.165, 1.54) is 6.42 Å². The van der Waals surface area contributed by atoms with Crippen molar-refractivity contribution in [3.8, 4) is 0 Å². The molecule has 102 valence electrons. The van der Waals surface area contributed by atoms with E-state index in [0.717, 1.165) is 43.4 Å². The summed E-state index contributed by atoms with van der Waals surface area (Å²) in [5, 5.41) is 8.18. The Kier molecular flexibility index (Phi) is 4.67. The molecular formula is C13H23N3OS. The lowest BCUT2D eigenvalue weighted by Crippen LogP contribution is -2.28. The third-order valence-electron chi connectivity index (χ3n) is 3.91. The van der Waals surface area contributed by atoms with Crippen molar-refractivity contribution in [3.63, 3.8) is 0 Å². The van der Waals surface area contributed by atoms with Crippen LogP contribution in [0.25, 0.3) is 0 Å². The van der Waals surface area contributed by atoms with E-state index in [4.69, 9.17) is 4.52 Å². The topological polar surface area (TPSA) is 51.0 Å². The van der Waals surface area contributed by atoms with Crippen LogP contribution in [0, 0.1) is 0 Å². The van der Waals surface area contributed by atoms with Crippen molar-refractivity contribution in [1.82, 2.24) is 15.5 Å². The second kappa shape index (κ2) is 6.06. The van der Waals surface area contributed by atoms with Crippen molar-refractivity contribution in [3.05, 3.63) is 11.7 Å². The van der Waals surface area contributed by atoms with E-state index in [-0.39, 0.29) is 5.41 Å². The van der Waals surface area contributed by atoms with E-state index >= 15 is 0 Å². The quantitative estimate of drug-likeness (QED) is 0.860. The van der Waals surface area contributed by atoms with Crippen LogP contribution in [0.2, 0.25) is 0 Å². The fourth-order valence-corrected chi connectivity index (χ4v) is 3.03. The smallest absolute Gasteiger partial charge is 0.234 e. The van der Waals surface area contributed by atoms with Crippen molar-refractivity contribution in [2.45, 2.75) is 56.5 Å². The van der Waals surface area contributed by atoms with E-state index in [0.29, 0.717) is 5.25 Å². The molecule has 2 heterocycles. The molecule has 5 heteroatoms. The summed E-state index contributed by atoms with van der Waals surface area (Å²) in [6.45, 7) is 8.65. The third kappa shape index (κ3) is 2.88. The van der Waals surface area contributed by atoms with Gasteiger partial charge in [-0.15, -0.1) is 0 Å². The molecule has 1 aliphatic rings. The van der Waals surface area contributed by atoms with Gasteiger partial charge in [-0.2, -0.15) is 16.7 Å². The molecule has 2 unspecified atom stereocenters. The molecule has 0 bridgehead atoms. The minimum atomic E-state index is 0.0757. The Balaban J connectivity index is 2.01. The Morgan fingerprint density at radius 1 is 1.50 bits per heavy atom. The van der Waals surface area contributed by atoms with Gasteiger partial charge in [0.1, 0.15) is 0 Å². The van der Waals surface area contributed by atoms with Crippen molar-refractivity contribution in [1.29, 1.82) is 0 Å². The second-order valence-electron chi connectivity index (χ2n) is 5.11. The number of hydrogen-bond acceptors (Lipinski definition) is 5. The Morgan fingerprint density at radius 3 is 2.94 bits per heavy atom. The van der Waals surface area contributed by atoms with E-state index in [9.17, 15) is 0 Å². The highest BCUT2D eigenvalue weighted by Crippen LogP contribution is 2.33. The standard InChI is InChI=1S/C13H23N3OS/c1-4-10(3)18-8-11-15-12(17-16-11)13(5-2)6-7-14-9-13/h10,14H,4-9H2,1-3H3. The van der Waals surface area contributed by atoms with Gasteiger partial charge in [-0.3, -0.25) is 0 Å². The van der Waals surface area contributed by atoms with Gasteiger partial charge in [0.2, 0.25) is 5.89 Å². The van der Waals surface area contributed by atoms with Gasteiger partial charge in [0.25, 0.3) is 0 Å². The SMILES string of the molecule is CCC(C)SCc1noc(C2(CC)CCNC2)n1. The summed E-state index contributed by atoms with van der Waals surface area (Å²) in [6.07, 6.45) is 3.34. The largest absolute Gasteiger partial charge is 0.339 e. The maximum atomic E-state index is 5.49. The lowest BCUT2D eigenvalue weighted by Gasteiger charge is -2.20. The van der Waals surface area contributed by atoms with Crippen molar-refractivity contribution in [2.24, 2.45) is 0 Å². The summed E-state index contributed by atoms with van der Waals surface area (Å²) in [5.41, 5.74) is 0.0757. The fourth-order valence-electron chi connectivity index (χ4n) is 2.24. The van der Waals surface area contributed by atoms with Gasteiger partial charge in [0.15, 0.2) is 5.82 Å². The molecule has 0 amide bonds. The molecule has 18 heavy (non-hydrogen) atoms. The average molecular weight is 269 g/mol. The third-order valence-corrected chi connectivity index (χ3v) is 5.24. The minimum Gasteiger partial charge on any atom is -0.339 e. The van der Waals surface area contributed by atoms with Gasteiger partial charge in [-0.05, 0) is 25.8 Å². The number of nitrogens with one attached hydrogen (secondary N) is 1. The highest BCUT2D eigenvalue weighted by Gasteiger charge is 2.39. The Morgan fingerprint density at radius 2 is 2.33 bits per heavy atom. The maximum Gasteiger partial charge on any atom is 0.234 e. The summed E-state index contributed by atoms with van der Waals surface area (Å²) in [4.78, 5) is 4.60. The first-order chi connectivity index (χ1) is 8.70. The van der Waals surface area contributed by atoms with Crippen LogP contribution < -0.4 is 5.32 Å². The van der Waals surface area contributed by atoms with E-state index in [1.54, 1.807) is 0 Å². The Labute approximate surface area is 113 Å². The van der Waals surface area contributed by atoms with Crippen LogP contribution in [0.4, 0.5) is 0 Å². The van der Waals surface area contributed by atoms with Crippen LogP contribution in [0.15, 0.2) is 4.52 Å². The summed E-state index contributed by atoms with van der Waals surface area (Å²) in [7, 11) is 0. The first kappa shape index (κ1) is 13.9. The summed E-state index contributed by atoms with van der Waals surface area (Å²) in [6, 6.07) is 0. The normalized spacial score (nSPS) is 25.5. The van der Waals surface area contributed by atoms with Gasteiger partial charge in [0.05, 0.1) is 11.2 Å². The first-order valence-electron chi connectivity index (χ1n) is 6.85. The molecule has 1 aromatic rings. The van der Waals surface area contributed by atoms with Crippen LogP contribution >= 0.6 is 11.8 Å². The highest BCUT2D eigenvalue weighted by atomic mass is 32.2. The number of aromatic nitrogens is 2. The molecule has 0 spiro atoms. The molecule has 2 rings (SSSR count). The molecule has 1 aromatic heterocycles. The molecule has 0 aliphatic carbocycles. The molecule has 4 nitrogen and oxygen atoms in total. The molecule has 1 fully saturated rings. The molecular weight excluding hydrogens is 246 g/mol. The van der Waals surface area contributed by atoms with E-state index < -0.39 is 0 Å². The summed E-state index contributed by atoms with van der Waals surface area (Å²) in [5.74, 6) is 2.52. The lowest BCUT2D eigenvalue weighted by molar-refractivity contribution is 0.284. The molecule has 0 saturated carbocycles. The maximum absolute atomic E-state index is 5.49. The Hall–Kier alpha value is -0.550. The Bertz CT molecular complexity index is 374. The second-order valence-corrected chi connectivity index (χ2v) is 6.53. The summed E-state index contributed by atoms with van der Waals surface area (Å²) < 4.78 is 5.49. The fraction of sp³-hybridized carbons (Fsp3) is 0.846. The molecule has 2 atom stereocenters. The summed E-state index contributed by atoms with van der Waals surface area (Å²) >= 11 is 1.89. The van der Waals surface area contributed by atoms with Gasteiger partial charge < -0.3 is 9.84 Å². The van der Waals surface area contributed by atoms with Crippen LogP contribution in [-0.2, 0) is 11.2 Å². The molecule has 1 saturated heterocycles. The van der Waals surface area contributed by atoms with Crippen molar-refractivity contribution >= 4 is 11.8 Å². The van der Waals surface area contributed by atoms with Crippen molar-refractivity contribution < 1.29 is 4.52 Å². The molecule has 1 aliphatic heterocycles. The molecule has 0 radical (unpaired) electrons. The molecule has 0 aromatic carbocycles. The zero-order valence-corrected chi connectivity index (χ0v) is 12.3. The number of rotatable bonds is 6. The number of thioether (sulfide) groups is 1. The van der Waals surface area contributed by atoms with Gasteiger partial charge in [-0.25, -0.2) is 0 Å². The average Bonchev–Trinajstić information content (AvgIpc) is 3.05. The van der Waals surface area contributed by atoms with Gasteiger partial charge in [0, 0.05) is 11.8 Å². The zero-order valence-electron chi connectivity index (χ0n) is 11.5. The van der Waals surface area contributed by atoms with E-state index in [1.807, 2.05) is 11.8 Å². The van der Waals surface area contributed by atoms with Crippen molar-refractivity contribution in [2.75, 3.05) is 13.1 Å². The van der Waals surface area contributed by atoms with Crippen LogP contribution in [0.5, 0.6) is 0 Å². The van der Waals surface area contributed by atoms with Crippen LogP contribution in [0.1, 0.15) is 51.7 Å². The van der Waals surface area contributed by atoms with Crippen LogP contribution in [0.3, 0.4) is 0 Å². The predicted octanol–water partition coefficient (Wildman–Crippen LogP) is 2.74. The number of hydrogen-bond donors (Lipinski definition) is 1. The lowest BCUT2D eigenvalue weighted by atomic mass is 9.84. The minimum absolute atomic E-state index is 0.0757. The molecule has 1 N–H and O–H groups in total. The van der Waals surface area contributed by atoms with E-state index in [2.05, 4.69) is 36.2 Å².